The molecule has 2 rings (SSSR count). The van der Waals surface area contributed by atoms with Gasteiger partial charge in [0.15, 0.2) is 12.2 Å². The molecule has 1 heterocycles. The van der Waals surface area contributed by atoms with Crippen LogP contribution >= 0.6 is 11.8 Å². The van der Waals surface area contributed by atoms with Gasteiger partial charge in [0.1, 0.15) is 11.5 Å². The summed E-state index contributed by atoms with van der Waals surface area (Å²) in [5.74, 6) is -0.911. The summed E-state index contributed by atoms with van der Waals surface area (Å²) in [5, 5.41) is 0. The molecule has 0 spiro atoms. The zero-order valence-electron chi connectivity index (χ0n) is 14.8. The smallest absolute Gasteiger partial charge is 0.303 e. The third kappa shape index (κ3) is 5.45. The molecule has 1 aliphatic rings. The minimum Gasteiger partial charge on any atom is -0.456 e. The highest BCUT2D eigenvalue weighted by atomic mass is 32.2. The number of carbonyl (C=O) groups is 2. The van der Waals surface area contributed by atoms with Crippen molar-refractivity contribution < 1.29 is 28.5 Å². The van der Waals surface area contributed by atoms with E-state index in [4.69, 9.17) is 18.9 Å². The van der Waals surface area contributed by atoms with Crippen LogP contribution in [-0.4, -0.2) is 48.0 Å². The Bertz CT molecular complexity index is 578. The van der Waals surface area contributed by atoms with Crippen LogP contribution in [-0.2, 0) is 35.1 Å². The molecule has 25 heavy (non-hydrogen) atoms. The van der Waals surface area contributed by atoms with Crippen molar-refractivity contribution in [3.63, 3.8) is 0 Å². The van der Waals surface area contributed by atoms with E-state index in [1.54, 1.807) is 6.92 Å². The van der Waals surface area contributed by atoms with E-state index in [1.165, 1.54) is 25.6 Å². The number of hydrogen-bond acceptors (Lipinski definition) is 7. The van der Waals surface area contributed by atoms with Crippen LogP contribution in [0.3, 0.4) is 0 Å². The minimum absolute atomic E-state index is 0.338. The van der Waals surface area contributed by atoms with Gasteiger partial charge in [0.2, 0.25) is 0 Å². The van der Waals surface area contributed by atoms with Crippen molar-refractivity contribution in [2.24, 2.45) is 0 Å². The topological polar surface area (TPSA) is 71.1 Å². The second kappa shape index (κ2) is 9.22. The Balaban J connectivity index is 2.21. The van der Waals surface area contributed by atoms with Crippen molar-refractivity contribution in [3.05, 3.63) is 35.9 Å². The molecule has 1 saturated heterocycles. The number of thioether (sulfide) groups is 1. The molecule has 1 fully saturated rings. The molecule has 1 aromatic rings. The van der Waals surface area contributed by atoms with Gasteiger partial charge in [-0.15, -0.1) is 11.8 Å². The standard InChI is InChI=1S/C18H24O6S/c1-11-15(23-12(2)19)16(24-13(3)20)17(18(22-11)25-4)21-10-14-8-6-5-7-9-14/h5-9,11,15-18H,10H2,1-4H3/t11-,15+,16+,17-,18+/m0/s1. The molecular weight excluding hydrogens is 344 g/mol. The molecule has 1 aliphatic heterocycles. The third-order valence-electron chi connectivity index (χ3n) is 3.85. The zero-order valence-corrected chi connectivity index (χ0v) is 15.7. The van der Waals surface area contributed by atoms with Crippen molar-refractivity contribution in [3.8, 4) is 0 Å². The van der Waals surface area contributed by atoms with Crippen molar-refractivity contribution >= 4 is 23.7 Å². The molecule has 0 bridgehead atoms. The summed E-state index contributed by atoms with van der Waals surface area (Å²) in [5.41, 5.74) is 0.654. The van der Waals surface area contributed by atoms with Crippen molar-refractivity contribution in [1.82, 2.24) is 0 Å². The molecule has 0 saturated carbocycles. The lowest BCUT2D eigenvalue weighted by atomic mass is 10.00. The molecular formula is C18H24O6S. The van der Waals surface area contributed by atoms with Gasteiger partial charge in [-0.25, -0.2) is 0 Å². The summed E-state index contributed by atoms with van der Waals surface area (Å²) < 4.78 is 22.8. The Kier molecular flexibility index (Phi) is 7.28. The summed E-state index contributed by atoms with van der Waals surface area (Å²) in [6.07, 6.45) is -0.522. The average molecular weight is 368 g/mol. The van der Waals surface area contributed by atoms with Gasteiger partial charge < -0.3 is 18.9 Å². The fraction of sp³-hybridized carbons (Fsp3) is 0.556. The summed E-state index contributed by atoms with van der Waals surface area (Å²) in [7, 11) is 0. The van der Waals surface area contributed by atoms with Gasteiger partial charge in [-0.05, 0) is 18.7 Å². The highest BCUT2D eigenvalue weighted by Crippen LogP contribution is 2.33. The second-order valence-electron chi connectivity index (χ2n) is 5.85. The Labute approximate surface area is 152 Å². The summed E-state index contributed by atoms with van der Waals surface area (Å²) in [4.78, 5) is 23.1. The van der Waals surface area contributed by atoms with E-state index >= 15 is 0 Å². The third-order valence-corrected chi connectivity index (χ3v) is 4.69. The normalized spacial score (nSPS) is 29.0. The lowest BCUT2D eigenvalue weighted by molar-refractivity contribution is -0.232. The van der Waals surface area contributed by atoms with Crippen molar-refractivity contribution in [2.45, 2.75) is 57.2 Å². The monoisotopic (exact) mass is 368 g/mol. The predicted molar refractivity (Wildman–Crippen MR) is 94.0 cm³/mol. The van der Waals surface area contributed by atoms with Gasteiger partial charge in [0.25, 0.3) is 0 Å². The Morgan fingerprint density at radius 2 is 1.64 bits per heavy atom. The number of ether oxygens (including phenoxy) is 4. The summed E-state index contributed by atoms with van der Waals surface area (Å²) >= 11 is 1.47. The molecule has 7 heteroatoms. The van der Waals surface area contributed by atoms with Crippen molar-refractivity contribution in [1.29, 1.82) is 0 Å². The van der Waals surface area contributed by atoms with Gasteiger partial charge in [-0.3, -0.25) is 9.59 Å². The molecule has 0 aromatic heterocycles. The Morgan fingerprint density at radius 3 is 2.20 bits per heavy atom. The SMILES string of the molecule is CS[C@H]1O[C@@H](C)[C@@H](OC(C)=O)[C@@H](OC(C)=O)[C@@H]1OCc1ccccc1. The van der Waals surface area contributed by atoms with Crippen LogP contribution in [0.15, 0.2) is 30.3 Å². The zero-order chi connectivity index (χ0) is 18.4. The average Bonchev–Trinajstić information content (AvgIpc) is 2.57. The van der Waals surface area contributed by atoms with Gasteiger partial charge in [-0.2, -0.15) is 0 Å². The molecule has 0 radical (unpaired) electrons. The van der Waals surface area contributed by atoms with Gasteiger partial charge >= 0.3 is 11.9 Å². The Hall–Kier alpha value is -1.57. The number of rotatable bonds is 6. The molecule has 0 unspecified atom stereocenters. The largest absolute Gasteiger partial charge is 0.456 e. The maximum absolute atomic E-state index is 11.6. The first-order valence-electron chi connectivity index (χ1n) is 8.10. The van der Waals surface area contributed by atoms with Gasteiger partial charge in [-0.1, -0.05) is 30.3 Å². The van der Waals surface area contributed by atoms with E-state index < -0.39 is 36.4 Å². The molecule has 1 aromatic carbocycles. The van der Waals surface area contributed by atoms with Gasteiger partial charge in [0.05, 0.1) is 12.7 Å². The highest BCUT2D eigenvalue weighted by molar-refractivity contribution is 7.99. The van der Waals surface area contributed by atoms with Crippen LogP contribution < -0.4 is 0 Å². The fourth-order valence-electron chi connectivity index (χ4n) is 2.79. The lowest BCUT2D eigenvalue weighted by Crippen LogP contribution is -2.59. The van der Waals surface area contributed by atoms with E-state index in [1.807, 2.05) is 36.6 Å². The summed E-state index contributed by atoms with van der Waals surface area (Å²) in [6.45, 7) is 4.77. The van der Waals surface area contributed by atoms with Crippen LogP contribution in [0.1, 0.15) is 26.3 Å². The Morgan fingerprint density at radius 1 is 1.04 bits per heavy atom. The molecule has 0 amide bonds. The first-order chi connectivity index (χ1) is 11.9. The molecule has 138 valence electrons. The van der Waals surface area contributed by atoms with E-state index in [0.29, 0.717) is 6.61 Å². The van der Waals surface area contributed by atoms with E-state index in [0.717, 1.165) is 5.56 Å². The van der Waals surface area contributed by atoms with Crippen LogP contribution in [0.4, 0.5) is 0 Å². The maximum atomic E-state index is 11.6. The highest BCUT2D eigenvalue weighted by Gasteiger charge is 2.48. The summed E-state index contributed by atoms with van der Waals surface area (Å²) in [6, 6.07) is 9.68. The first kappa shape index (κ1) is 19.8. The van der Waals surface area contributed by atoms with Gasteiger partial charge in [0, 0.05) is 13.8 Å². The number of benzene rings is 1. The van der Waals surface area contributed by atoms with Crippen LogP contribution in [0, 0.1) is 0 Å². The van der Waals surface area contributed by atoms with Crippen LogP contribution in [0.2, 0.25) is 0 Å². The van der Waals surface area contributed by atoms with E-state index in [-0.39, 0.29) is 5.44 Å². The lowest BCUT2D eigenvalue weighted by Gasteiger charge is -2.43. The fourth-order valence-corrected chi connectivity index (χ4v) is 3.57. The van der Waals surface area contributed by atoms with Crippen molar-refractivity contribution in [2.75, 3.05) is 6.26 Å². The van der Waals surface area contributed by atoms with E-state index in [9.17, 15) is 9.59 Å². The molecule has 0 N–H and O–H groups in total. The number of hydrogen-bond donors (Lipinski definition) is 0. The van der Waals surface area contributed by atoms with Crippen LogP contribution in [0.25, 0.3) is 0 Å². The molecule has 6 nitrogen and oxygen atoms in total. The first-order valence-corrected chi connectivity index (χ1v) is 9.39. The number of carbonyl (C=O) groups excluding carboxylic acids is 2. The van der Waals surface area contributed by atoms with E-state index in [2.05, 4.69) is 0 Å². The molecule has 5 atom stereocenters. The maximum Gasteiger partial charge on any atom is 0.303 e. The quantitative estimate of drug-likeness (QED) is 0.715. The van der Waals surface area contributed by atoms with Crippen LogP contribution in [0.5, 0.6) is 0 Å². The molecule has 0 aliphatic carbocycles. The number of esters is 2. The predicted octanol–water partition coefficient (Wildman–Crippen LogP) is 2.54. The second-order valence-corrected chi connectivity index (χ2v) is 6.79. The minimum atomic E-state index is -0.730.